The fourth-order valence-corrected chi connectivity index (χ4v) is 3.46. The van der Waals surface area contributed by atoms with Gasteiger partial charge in [-0.05, 0) is 60.0 Å². The summed E-state index contributed by atoms with van der Waals surface area (Å²) < 4.78 is 14.6. The van der Waals surface area contributed by atoms with Gasteiger partial charge in [0.15, 0.2) is 0 Å². The Hall–Kier alpha value is -2.62. The molecule has 0 spiro atoms. The lowest BCUT2D eigenvalue weighted by atomic mass is 10.00. The highest BCUT2D eigenvalue weighted by Gasteiger charge is 2.10. The number of fused-ring (bicyclic) bond motifs is 1. The summed E-state index contributed by atoms with van der Waals surface area (Å²) in [7, 11) is 0. The molecule has 0 aliphatic carbocycles. The summed E-state index contributed by atoms with van der Waals surface area (Å²) in [5.41, 5.74) is 4.84. The zero-order chi connectivity index (χ0) is 19.7. The maximum absolute atomic E-state index is 14.6. The average molecular weight is 411 g/mol. The first-order valence-electron chi connectivity index (χ1n) is 8.95. The molecule has 0 atom stereocenters. The largest absolute Gasteiger partial charge is 0.355 e. The number of nitrogens with one attached hydrogen (secondary N) is 1. The Bertz CT molecular complexity index is 1170. The SMILES string of the molecule is CCc1ccc(-c2ccc3nccc(Nc4ccc(Cl)c(Cl)c4)c3c2)c(F)c1. The number of hydrogen-bond acceptors (Lipinski definition) is 2. The van der Waals surface area contributed by atoms with Crippen LogP contribution in [0.3, 0.4) is 0 Å². The first-order valence-corrected chi connectivity index (χ1v) is 9.70. The van der Waals surface area contributed by atoms with Crippen molar-refractivity contribution in [2.75, 3.05) is 5.32 Å². The van der Waals surface area contributed by atoms with Crippen molar-refractivity contribution >= 4 is 45.5 Å². The molecule has 2 nitrogen and oxygen atoms in total. The minimum absolute atomic E-state index is 0.221. The quantitative estimate of drug-likeness (QED) is 0.373. The Morgan fingerprint density at radius 3 is 2.54 bits per heavy atom. The standard InChI is InChI=1S/C23H17Cl2FN2/c1-2-14-3-6-17(21(26)11-14)15-4-8-22-18(12-15)23(9-10-27-22)28-16-5-7-19(24)20(25)13-16/h3-13H,2H2,1H3,(H,27,28). The highest BCUT2D eigenvalue weighted by atomic mass is 35.5. The highest BCUT2D eigenvalue weighted by Crippen LogP contribution is 2.33. The van der Waals surface area contributed by atoms with E-state index < -0.39 is 0 Å². The van der Waals surface area contributed by atoms with Gasteiger partial charge in [-0.15, -0.1) is 0 Å². The molecule has 28 heavy (non-hydrogen) atoms. The lowest BCUT2D eigenvalue weighted by molar-refractivity contribution is 0.629. The van der Waals surface area contributed by atoms with Crippen LogP contribution in [0.2, 0.25) is 10.0 Å². The summed E-state index contributed by atoms with van der Waals surface area (Å²) in [5, 5.41) is 5.22. The second-order valence-corrected chi connectivity index (χ2v) is 7.33. The minimum Gasteiger partial charge on any atom is -0.355 e. The van der Waals surface area contributed by atoms with Gasteiger partial charge < -0.3 is 5.32 Å². The van der Waals surface area contributed by atoms with Crippen molar-refractivity contribution in [2.45, 2.75) is 13.3 Å². The molecular weight excluding hydrogens is 394 g/mol. The monoisotopic (exact) mass is 410 g/mol. The van der Waals surface area contributed by atoms with Gasteiger partial charge in [0, 0.05) is 28.5 Å². The van der Waals surface area contributed by atoms with Gasteiger partial charge in [0.05, 0.1) is 15.6 Å². The van der Waals surface area contributed by atoms with Gasteiger partial charge in [-0.1, -0.05) is 48.3 Å². The molecule has 0 aliphatic heterocycles. The zero-order valence-electron chi connectivity index (χ0n) is 15.1. The predicted molar refractivity (Wildman–Crippen MR) is 116 cm³/mol. The Morgan fingerprint density at radius 2 is 1.79 bits per heavy atom. The van der Waals surface area contributed by atoms with Crippen LogP contribution in [0.15, 0.2) is 66.9 Å². The van der Waals surface area contributed by atoms with Crippen LogP contribution < -0.4 is 5.32 Å². The molecule has 1 heterocycles. The van der Waals surface area contributed by atoms with Crippen molar-refractivity contribution < 1.29 is 4.39 Å². The lowest BCUT2D eigenvalue weighted by Crippen LogP contribution is -1.94. The number of pyridine rings is 1. The number of rotatable bonds is 4. The van der Waals surface area contributed by atoms with Gasteiger partial charge in [-0.2, -0.15) is 0 Å². The van der Waals surface area contributed by atoms with Crippen molar-refractivity contribution in [1.29, 1.82) is 0 Å². The number of aromatic nitrogens is 1. The first kappa shape index (κ1) is 18.7. The van der Waals surface area contributed by atoms with Crippen molar-refractivity contribution in [3.8, 4) is 11.1 Å². The van der Waals surface area contributed by atoms with E-state index in [0.717, 1.165) is 39.8 Å². The molecule has 0 saturated carbocycles. The number of halogens is 3. The summed E-state index contributed by atoms with van der Waals surface area (Å²) in [6, 6.07) is 18.4. The molecule has 1 N–H and O–H groups in total. The zero-order valence-corrected chi connectivity index (χ0v) is 16.7. The van der Waals surface area contributed by atoms with Crippen LogP contribution in [-0.4, -0.2) is 4.98 Å². The predicted octanol–water partition coefficient (Wildman–Crippen LogP) is 7.65. The first-order chi connectivity index (χ1) is 13.5. The lowest BCUT2D eigenvalue weighted by Gasteiger charge is -2.12. The number of aryl methyl sites for hydroxylation is 1. The van der Waals surface area contributed by atoms with Gasteiger partial charge in [-0.25, -0.2) is 4.39 Å². The molecule has 4 rings (SSSR count). The second kappa shape index (κ2) is 7.78. The molecule has 0 radical (unpaired) electrons. The summed E-state index contributed by atoms with van der Waals surface area (Å²) in [6.07, 6.45) is 2.54. The van der Waals surface area contributed by atoms with Crippen LogP contribution in [0.1, 0.15) is 12.5 Å². The molecule has 5 heteroatoms. The minimum atomic E-state index is -0.221. The number of hydrogen-bond donors (Lipinski definition) is 1. The molecule has 0 fully saturated rings. The van der Waals surface area contributed by atoms with Crippen LogP contribution in [0.25, 0.3) is 22.0 Å². The van der Waals surface area contributed by atoms with Crippen molar-refractivity contribution in [1.82, 2.24) is 4.98 Å². The molecule has 1 aromatic heterocycles. The van der Waals surface area contributed by atoms with Crippen LogP contribution in [0.5, 0.6) is 0 Å². The molecule has 0 unspecified atom stereocenters. The fraction of sp³-hybridized carbons (Fsp3) is 0.0870. The highest BCUT2D eigenvalue weighted by molar-refractivity contribution is 6.42. The van der Waals surface area contributed by atoms with E-state index in [1.165, 1.54) is 0 Å². The summed E-state index contributed by atoms with van der Waals surface area (Å²) in [6.45, 7) is 2.01. The smallest absolute Gasteiger partial charge is 0.131 e. The van der Waals surface area contributed by atoms with Gasteiger partial charge in [0.25, 0.3) is 0 Å². The van der Waals surface area contributed by atoms with Crippen LogP contribution in [-0.2, 0) is 6.42 Å². The Labute approximate surface area is 172 Å². The van der Waals surface area contributed by atoms with E-state index in [4.69, 9.17) is 23.2 Å². The van der Waals surface area contributed by atoms with E-state index in [2.05, 4.69) is 10.3 Å². The van der Waals surface area contributed by atoms with E-state index >= 15 is 0 Å². The van der Waals surface area contributed by atoms with E-state index in [0.29, 0.717) is 15.6 Å². The maximum atomic E-state index is 14.6. The maximum Gasteiger partial charge on any atom is 0.131 e. The van der Waals surface area contributed by atoms with E-state index in [1.807, 2.05) is 49.4 Å². The molecule has 0 amide bonds. The Balaban J connectivity index is 1.78. The van der Waals surface area contributed by atoms with Crippen LogP contribution in [0, 0.1) is 5.82 Å². The summed E-state index contributed by atoms with van der Waals surface area (Å²) in [4.78, 5) is 4.42. The second-order valence-electron chi connectivity index (χ2n) is 6.51. The Morgan fingerprint density at radius 1 is 0.929 bits per heavy atom. The van der Waals surface area contributed by atoms with E-state index in [9.17, 15) is 4.39 Å². The van der Waals surface area contributed by atoms with E-state index in [-0.39, 0.29) is 5.82 Å². The third-order valence-corrected chi connectivity index (χ3v) is 5.43. The summed E-state index contributed by atoms with van der Waals surface area (Å²) in [5.74, 6) is -0.221. The van der Waals surface area contributed by atoms with Crippen LogP contribution in [0.4, 0.5) is 15.8 Å². The number of benzene rings is 3. The average Bonchev–Trinajstić information content (AvgIpc) is 2.70. The molecule has 4 aromatic rings. The third-order valence-electron chi connectivity index (χ3n) is 4.69. The van der Waals surface area contributed by atoms with Crippen molar-refractivity contribution in [2.24, 2.45) is 0 Å². The molecule has 0 saturated heterocycles. The van der Waals surface area contributed by atoms with Gasteiger partial charge in [0.1, 0.15) is 5.82 Å². The normalized spacial score (nSPS) is 11.0. The molecule has 140 valence electrons. The number of nitrogens with zero attached hydrogens (tertiary/aromatic N) is 1. The topological polar surface area (TPSA) is 24.9 Å². The van der Waals surface area contributed by atoms with E-state index in [1.54, 1.807) is 24.4 Å². The molecule has 0 aliphatic rings. The molecule has 0 bridgehead atoms. The van der Waals surface area contributed by atoms with Gasteiger partial charge in [0.2, 0.25) is 0 Å². The molecular formula is C23H17Cl2FN2. The van der Waals surface area contributed by atoms with Gasteiger partial charge >= 0.3 is 0 Å². The van der Waals surface area contributed by atoms with Crippen molar-refractivity contribution in [3.63, 3.8) is 0 Å². The summed E-state index contributed by atoms with van der Waals surface area (Å²) >= 11 is 12.1. The third kappa shape index (κ3) is 3.68. The van der Waals surface area contributed by atoms with Crippen molar-refractivity contribution in [3.05, 3.63) is 88.3 Å². The number of anilines is 2. The Kier molecular flexibility index (Phi) is 5.21. The molecule has 3 aromatic carbocycles. The fourth-order valence-electron chi connectivity index (χ4n) is 3.16. The van der Waals surface area contributed by atoms with Crippen LogP contribution >= 0.6 is 23.2 Å². The van der Waals surface area contributed by atoms with Gasteiger partial charge in [-0.3, -0.25) is 4.98 Å².